The number of rotatable bonds is 7. The Morgan fingerprint density at radius 1 is 1.27 bits per heavy atom. The van der Waals surface area contributed by atoms with E-state index in [4.69, 9.17) is 4.74 Å². The van der Waals surface area contributed by atoms with Crippen LogP contribution in [0.15, 0.2) is 24.4 Å². The Morgan fingerprint density at radius 2 is 2.00 bits per heavy atom. The lowest BCUT2D eigenvalue weighted by atomic mass is 10.1. The molecule has 0 spiro atoms. The van der Waals surface area contributed by atoms with E-state index in [1.54, 1.807) is 6.07 Å². The first-order chi connectivity index (χ1) is 12.2. The maximum Gasteiger partial charge on any atom is 0.412 e. The van der Waals surface area contributed by atoms with E-state index in [1.807, 2.05) is 46.3 Å². The molecule has 3 N–H and O–H groups in total. The molecule has 0 saturated heterocycles. The monoisotopic (exact) mass is 360 g/mol. The topological polar surface area (TPSA) is 86.5 Å². The van der Waals surface area contributed by atoms with E-state index in [0.717, 1.165) is 29.4 Å². The molecule has 1 aromatic heterocycles. The number of carbonyl (C=O) groups is 2. The molecule has 0 saturated carbocycles. The van der Waals surface area contributed by atoms with Gasteiger partial charge < -0.3 is 25.3 Å². The molecule has 0 aliphatic heterocycles. The first kappa shape index (κ1) is 19.8. The highest BCUT2D eigenvalue weighted by Crippen LogP contribution is 2.29. The molecular weight excluding hydrogens is 332 g/mol. The first-order valence-electron chi connectivity index (χ1n) is 8.66. The summed E-state index contributed by atoms with van der Waals surface area (Å²) in [7, 11) is 4.05. The molecule has 0 fully saturated rings. The smallest absolute Gasteiger partial charge is 0.410 e. The maximum absolute atomic E-state index is 12.2. The van der Waals surface area contributed by atoms with Gasteiger partial charge in [0.15, 0.2) is 0 Å². The highest BCUT2D eigenvalue weighted by molar-refractivity contribution is 5.91. The van der Waals surface area contributed by atoms with Crippen LogP contribution in [0.4, 0.5) is 4.79 Å². The standard InChI is InChI=1S/C19H28N4O3/c1-13(24)22-19(2,3)12-21-18(25)26-16-8-6-7-15-17(16)14(11-20-15)9-10-23(4)5/h6-8,11,20H,9-10,12H2,1-5H3,(H,21,25)(H,22,24). The van der Waals surface area contributed by atoms with Gasteiger partial charge in [-0.3, -0.25) is 4.79 Å². The number of H-pyrrole nitrogens is 1. The van der Waals surface area contributed by atoms with Crippen LogP contribution in [0.5, 0.6) is 5.75 Å². The van der Waals surface area contributed by atoms with Gasteiger partial charge in [0.05, 0.1) is 5.54 Å². The third kappa shape index (κ3) is 5.49. The SMILES string of the molecule is CC(=O)NC(C)(C)CNC(=O)Oc1cccc2[nH]cc(CCN(C)C)c12. The number of likely N-dealkylation sites (N-methyl/N-ethyl adjacent to an activating group) is 1. The Labute approximate surface area is 154 Å². The molecule has 0 atom stereocenters. The summed E-state index contributed by atoms with van der Waals surface area (Å²) in [5, 5.41) is 6.41. The molecule has 7 nitrogen and oxygen atoms in total. The minimum Gasteiger partial charge on any atom is -0.410 e. The summed E-state index contributed by atoms with van der Waals surface area (Å²) >= 11 is 0. The lowest BCUT2D eigenvalue weighted by Gasteiger charge is -2.25. The van der Waals surface area contributed by atoms with Crippen LogP contribution in [0, 0.1) is 0 Å². The quantitative estimate of drug-likeness (QED) is 0.707. The molecule has 1 heterocycles. The normalized spacial score (nSPS) is 11.6. The zero-order valence-electron chi connectivity index (χ0n) is 16.1. The third-order valence-electron chi connectivity index (χ3n) is 3.97. The van der Waals surface area contributed by atoms with E-state index < -0.39 is 11.6 Å². The number of fused-ring (bicyclic) bond motifs is 1. The number of hydrogen-bond acceptors (Lipinski definition) is 4. The van der Waals surface area contributed by atoms with Gasteiger partial charge in [0.25, 0.3) is 0 Å². The van der Waals surface area contributed by atoms with Gasteiger partial charge in [0.2, 0.25) is 5.91 Å². The molecule has 142 valence electrons. The van der Waals surface area contributed by atoms with E-state index in [9.17, 15) is 9.59 Å². The number of carbonyl (C=O) groups excluding carboxylic acids is 2. The summed E-state index contributed by atoms with van der Waals surface area (Å²) in [4.78, 5) is 28.8. The van der Waals surface area contributed by atoms with Crippen molar-refractivity contribution in [1.82, 2.24) is 20.5 Å². The number of aromatic nitrogens is 1. The number of hydrogen-bond donors (Lipinski definition) is 3. The van der Waals surface area contributed by atoms with Crippen LogP contribution in [0.25, 0.3) is 10.9 Å². The first-order valence-corrected chi connectivity index (χ1v) is 8.66. The summed E-state index contributed by atoms with van der Waals surface area (Å²) in [6.45, 7) is 6.28. The lowest BCUT2D eigenvalue weighted by molar-refractivity contribution is -0.120. The molecule has 0 unspecified atom stereocenters. The number of benzene rings is 1. The fourth-order valence-corrected chi connectivity index (χ4v) is 2.80. The maximum atomic E-state index is 12.2. The van der Waals surface area contributed by atoms with Crippen molar-refractivity contribution in [3.05, 3.63) is 30.0 Å². The van der Waals surface area contributed by atoms with Crippen molar-refractivity contribution < 1.29 is 14.3 Å². The van der Waals surface area contributed by atoms with Gasteiger partial charge >= 0.3 is 6.09 Å². The van der Waals surface area contributed by atoms with Crippen LogP contribution in [-0.2, 0) is 11.2 Å². The van der Waals surface area contributed by atoms with Crippen LogP contribution in [0.2, 0.25) is 0 Å². The summed E-state index contributed by atoms with van der Waals surface area (Å²) in [5.74, 6) is 0.375. The number of nitrogens with one attached hydrogen (secondary N) is 3. The number of ether oxygens (including phenoxy) is 1. The van der Waals surface area contributed by atoms with E-state index in [2.05, 4.69) is 20.5 Å². The van der Waals surface area contributed by atoms with Crippen molar-refractivity contribution in [1.29, 1.82) is 0 Å². The van der Waals surface area contributed by atoms with Crippen LogP contribution >= 0.6 is 0 Å². The van der Waals surface area contributed by atoms with Gasteiger partial charge in [-0.25, -0.2) is 4.79 Å². The predicted molar refractivity (Wildman–Crippen MR) is 102 cm³/mol. The van der Waals surface area contributed by atoms with E-state index in [0.29, 0.717) is 5.75 Å². The van der Waals surface area contributed by atoms with Gasteiger partial charge in [-0.15, -0.1) is 0 Å². The Kier molecular flexibility index (Phi) is 6.26. The summed E-state index contributed by atoms with van der Waals surface area (Å²) in [6, 6.07) is 5.59. The summed E-state index contributed by atoms with van der Waals surface area (Å²) in [6.07, 6.45) is 2.26. The van der Waals surface area contributed by atoms with E-state index >= 15 is 0 Å². The van der Waals surface area contributed by atoms with Crippen molar-refractivity contribution in [3.63, 3.8) is 0 Å². The van der Waals surface area contributed by atoms with Crippen molar-refractivity contribution >= 4 is 22.9 Å². The van der Waals surface area contributed by atoms with Crippen LogP contribution in [0.1, 0.15) is 26.3 Å². The largest absolute Gasteiger partial charge is 0.412 e. The van der Waals surface area contributed by atoms with E-state index in [1.165, 1.54) is 6.92 Å². The molecule has 0 aliphatic rings. The van der Waals surface area contributed by atoms with Gasteiger partial charge in [-0.05, 0) is 52.1 Å². The molecule has 1 aromatic carbocycles. The number of amides is 2. The second-order valence-electron chi connectivity index (χ2n) is 7.35. The molecule has 2 rings (SSSR count). The average molecular weight is 360 g/mol. The molecule has 7 heteroatoms. The Balaban J connectivity index is 2.08. The molecular formula is C19H28N4O3. The Morgan fingerprint density at radius 3 is 2.65 bits per heavy atom. The van der Waals surface area contributed by atoms with E-state index in [-0.39, 0.29) is 12.5 Å². The third-order valence-corrected chi connectivity index (χ3v) is 3.97. The zero-order valence-corrected chi connectivity index (χ0v) is 16.1. The number of aromatic amines is 1. The van der Waals surface area contributed by atoms with Gasteiger partial charge in [0, 0.05) is 37.1 Å². The Hall–Kier alpha value is -2.54. The van der Waals surface area contributed by atoms with Crippen molar-refractivity contribution in [2.75, 3.05) is 27.2 Å². The molecule has 0 bridgehead atoms. The highest BCUT2D eigenvalue weighted by Gasteiger charge is 2.20. The molecule has 2 aromatic rings. The van der Waals surface area contributed by atoms with Crippen molar-refractivity contribution in [2.24, 2.45) is 0 Å². The molecule has 0 aliphatic carbocycles. The predicted octanol–water partition coefficient (Wildman–Crippen LogP) is 2.28. The zero-order chi connectivity index (χ0) is 19.3. The second kappa shape index (κ2) is 8.23. The average Bonchev–Trinajstić information content (AvgIpc) is 2.94. The van der Waals surface area contributed by atoms with Crippen molar-refractivity contribution in [3.8, 4) is 5.75 Å². The fourth-order valence-electron chi connectivity index (χ4n) is 2.80. The number of nitrogens with zero attached hydrogens (tertiary/aromatic N) is 1. The summed E-state index contributed by atoms with van der Waals surface area (Å²) < 4.78 is 5.54. The Bertz CT molecular complexity index is 780. The van der Waals surface area contributed by atoms with Crippen LogP contribution in [-0.4, -0.2) is 54.6 Å². The molecule has 2 amide bonds. The second-order valence-corrected chi connectivity index (χ2v) is 7.35. The molecule has 26 heavy (non-hydrogen) atoms. The fraction of sp³-hybridized carbons (Fsp3) is 0.474. The molecule has 0 radical (unpaired) electrons. The highest BCUT2D eigenvalue weighted by atomic mass is 16.6. The van der Waals surface area contributed by atoms with Gasteiger partial charge in [-0.1, -0.05) is 6.07 Å². The summed E-state index contributed by atoms with van der Waals surface area (Å²) in [5.41, 5.74) is 1.49. The minimum atomic E-state index is -0.554. The minimum absolute atomic E-state index is 0.146. The van der Waals surface area contributed by atoms with Gasteiger partial charge in [0.1, 0.15) is 5.75 Å². The lowest BCUT2D eigenvalue weighted by Crippen LogP contribution is -2.51. The van der Waals surface area contributed by atoms with Crippen LogP contribution in [0.3, 0.4) is 0 Å². The van der Waals surface area contributed by atoms with Crippen molar-refractivity contribution in [2.45, 2.75) is 32.7 Å². The van der Waals surface area contributed by atoms with Crippen LogP contribution < -0.4 is 15.4 Å². The van der Waals surface area contributed by atoms with Gasteiger partial charge in [-0.2, -0.15) is 0 Å².